The van der Waals surface area contributed by atoms with Gasteiger partial charge in [0.15, 0.2) is 0 Å². The fraction of sp³-hybridized carbons (Fsp3) is 0.442. The van der Waals surface area contributed by atoms with Crippen molar-refractivity contribution in [3.8, 4) is 28.0 Å². The van der Waals surface area contributed by atoms with Crippen molar-refractivity contribution >= 4 is 33.3 Å². The van der Waals surface area contributed by atoms with Crippen LogP contribution in [0, 0.1) is 5.41 Å². The van der Waals surface area contributed by atoms with Gasteiger partial charge in [-0.05, 0) is 80.0 Å². The smallest absolute Gasteiger partial charge is 0.131 e. The molecule has 0 saturated carbocycles. The Hall–Kier alpha value is -3.10. The molecule has 1 aromatic heterocycles. The van der Waals surface area contributed by atoms with E-state index in [1.165, 1.54) is 44.5 Å². The van der Waals surface area contributed by atoms with Crippen LogP contribution >= 0.6 is 23.2 Å². The van der Waals surface area contributed by atoms with E-state index in [1.807, 2.05) is 30.3 Å². The maximum Gasteiger partial charge on any atom is 0.131 e. The third-order valence-electron chi connectivity index (χ3n) is 9.78. The topological polar surface area (TPSA) is 46.7 Å². The molecule has 5 rings (SSSR count). The number of para-hydroxylation sites is 1. The summed E-state index contributed by atoms with van der Waals surface area (Å²) in [5, 5.41) is 13.4. The molecule has 0 unspecified atom stereocenters. The fourth-order valence-electron chi connectivity index (χ4n) is 6.54. The zero-order valence-corrected chi connectivity index (χ0v) is 41.6. The van der Waals surface area contributed by atoms with Gasteiger partial charge >= 0.3 is 109 Å². The summed E-state index contributed by atoms with van der Waals surface area (Å²) in [5.74, 6) is 2.77. The minimum Gasteiger partial charge on any atom is -0.670 e. The van der Waals surface area contributed by atoms with E-state index in [9.17, 15) is 5.11 Å². The number of rotatable bonds is 9. The predicted octanol–water partition coefficient (Wildman–Crippen LogP) is 17.5. The minimum absolute atomic E-state index is 0. The Morgan fingerprint density at radius 1 is 0.569 bits per heavy atom. The standard InChI is InChI=1S/C36H50O.C6H3Cl2N.C5H10.C4H4N.CH4.W/c1-20(2)26-16-30(22(5)6)34(31(17-26)23(7)8)28-14-13-15-29(36(28)37)35-32(24(9)10)18-27(21(3)4)19-33(35)25(11)12;7-4-2-1-3-5(8)6(4)9;1-5(2,3)4;1-2-4-5-3-1;;/h13-25,37H,1-12H3;1-3H;1H,2-4H3;1-4H;1H4;/q;;;-1;;. The number of phenolic OH excluding ortho intramolecular Hbond substituents is 1. The van der Waals surface area contributed by atoms with Crippen molar-refractivity contribution in [1.82, 2.24) is 4.98 Å². The predicted molar refractivity (Wildman–Crippen MR) is 254 cm³/mol. The molecular weight excluding hydrogens is 923 g/mol. The van der Waals surface area contributed by atoms with E-state index < -0.39 is 17.9 Å². The average molecular weight is 995 g/mol. The third kappa shape index (κ3) is 14.0. The number of hydrogen-bond acceptors (Lipinski definition) is 2. The van der Waals surface area contributed by atoms with Crippen molar-refractivity contribution in [3.05, 3.63) is 129 Å². The fourth-order valence-corrected chi connectivity index (χ4v) is 9.84. The molecule has 0 saturated heterocycles. The quantitative estimate of drug-likeness (QED) is 0.160. The first-order valence-electron chi connectivity index (χ1n) is 20.5. The van der Waals surface area contributed by atoms with E-state index in [1.54, 1.807) is 12.4 Å². The summed E-state index contributed by atoms with van der Waals surface area (Å²) in [5.41, 5.74) is 13.4. The molecule has 5 aromatic rings. The Morgan fingerprint density at radius 2 is 0.914 bits per heavy atom. The van der Waals surface area contributed by atoms with Gasteiger partial charge in [0.2, 0.25) is 0 Å². The molecule has 3 nitrogen and oxygen atoms in total. The second-order valence-corrected chi connectivity index (χ2v) is 20.9. The van der Waals surface area contributed by atoms with Crippen molar-refractivity contribution in [2.75, 3.05) is 0 Å². The second-order valence-electron chi connectivity index (χ2n) is 17.9. The van der Waals surface area contributed by atoms with E-state index >= 15 is 0 Å². The van der Waals surface area contributed by atoms with Crippen molar-refractivity contribution < 1.29 is 23.0 Å². The van der Waals surface area contributed by atoms with Crippen LogP contribution in [0.4, 0.5) is 5.69 Å². The zero-order valence-electron chi connectivity index (χ0n) is 37.1. The molecular formula is C52H71Cl2N2OW-. The molecule has 0 amide bonds. The van der Waals surface area contributed by atoms with Crippen LogP contribution in [-0.2, 0) is 17.9 Å². The first-order chi connectivity index (χ1) is 26.7. The van der Waals surface area contributed by atoms with E-state index in [4.69, 9.17) is 23.2 Å². The van der Waals surface area contributed by atoms with Gasteiger partial charge in [0.05, 0.1) is 0 Å². The third-order valence-corrected chi connectivity index (χ3v) is 14.3. The van der Waals surface area contributed by atoms with Gasteiger partial charge in [0, 0.05) is 11.1 Å². The molecule has 0 bridgehead atoms. The molecule has 58 heavy (non-hydrogen) atoms. The number of halogens is 2. The van der Waals surface area contributed by atoms with Crippen molar-refractivity contribution in [2.24, 2.45) is 8.91 Å². The van der Waals surface area contributed by atoms with Gasteiger partial charge < -0.3 is 10.1 Å². The molecule has 0 fully saturated rings. The van der Waals surface area contributed by atoms with Gasteiger partial charge in [0.25, 0.3) is 0 Å². The van der Waals surface area contributed by atoms with Crippen LogP contribution in [0.5, 0.6) is 5.75 Å². The van der Waals surface area contributed by atoms with Crippen LogP contribution in [-0.4, -0.2) is 9.51 Å². The largest absolute Gasteiger partial charge is 0.670 e. The summed E-state index contributed by atoms with van der Waals surface area (Å²) in [6.07, 6.45) is 3.50. The van der Waals surface area contributed by atoms with Crippen LogP contribution in [0.25, 0.3) is 22.3 Å². The van der Waals surface area contributed by atoms with Crippen molar-refractivity contribution in [2.45, 2.75) is 147 Å². The molecule has 0 aliphatic heterocycles. The Morgan fingerprint density at radius 3 is 1.19 bits per heavy atom. The van der Waals surface area contributed by atoms with Gasteiger partial charge in [-0.2, -0.15) is 12.4 Å². The first-order valence-corrected chi connectivity index (χ1v) is 24.3. The van der Waals surface area contributed by atoms with Crippen LogP contribution in [0.2, 0.25) is 10.0 Å². The molecule has 1 N–H and O–H groups in total. The number of hydrogen-bond donors (Lipinski definition) is 1. The van der Waals surface area contributed by atoms with Gasteiger partial charge in [-0.1, -0.05) is 145 Å². The molecule has 0 aliphatic carbocycles. The maximum absolute atomic E-state index is 12.1. The Labute approximate surface area is 371 Å². The molecule has 0 spiro atoms. The SMILES string of the molecule is C.CC(C)(C)[CH]=[W]=[N]c1c(Cl)cccc1Cl.CC(C)c1cc(C(C)C)c(-c2cccc(-c3c(C(C)C)cc(C(C)C)cc3C(C)C)c2O)c(C(C)C)c1.c1cc[n-]c1. The summed E-state index contributed by atoms with van der Waals surface area (Å²) in [4.78, 5) is 3.72. The van der Waals surface area contributed by atoms with E-state index in [0.29, 0.717) is 51.3 Å². The van der Waals surface area contributed by atoms with Crippen LogP contribution in [0.15, 0.2) is 88.7 Å². The molecule has 316 valence electrons. The zero-order chi connectivity index (χ0) is 42.8. The molecule has 4 aromatic carbocycles. The number of aromatic hydroxyl groups is 1. The summed E-state index contributed by atoms with van der Waals surface area (Å²) >= 11 is 11.2. The number of nitrogens with zero attached hydrogens (tertiary/aromatic N) is 2. The molecule has 1 heterocycles. The van der Waals surface area contributed by atoms with Gasteiger partial charge in [-0.25, -0.2) is 0 Å². The maximum atomic E-state index is 12.1. The number of aromatic nitrogens is 1. The van der Waals surface area contributed by atoms with Crippen molar-refractivity contribution in [3.63, 3.8) is 0 Å². The average Bonchev–Trinajstić information content (AvgIpc) is 3.72. The molecule has 0 aliphatic rings. The number of phenols is 1. The van der Waals surface area contributed by atoms with E-state index in [2.05, 4.69) is 159 Å². The van der Waals surface area contributed by atoms with Crippen LogP contribution in [0.3, 0.4) is 0 Å². The second kappa shape index (κ2) is 23.0. The summed E-state index contributed by atoms with van der Waals surface area (Å²) in [6.45, 7) is 33.8. The molecule has 0 radical (unpaired) electrons. The molecule has 0 atom stereocenters. The Balaban J connectivity index is 0.000000452. The van der Waals surface area contributed by atoms with E-state index in [-0.39, 0.29) is 12.8 Å². The van der Waals surface area contributed by atoms with Crippen LogP contribution < -0.4 is 4.98 Å². The summed E-state index contributed by atoms with van der Waals surface area (Å²) in [6, 6.07) is 25.1. The van der Waals surface area contributed by atoms with Gasteiger partial charge in [-0.15, -0.1) is 0 Å². The normalized spacial score (nSPS) is 11.4. The van der Waals surface area contributed by atoms with Crippen LogP contribution in [0.1, 0.15) is 180 Å². The van der Waals surface area contributed by atoms with Crippen molar-refractivity contribution in [1.29, 1.82) is 0 Å². The molecule has 6 heteroatoms. The monoisotopic (exact) mass is 993 g/mol. The Kier molecular flexibility index (Phi) is 20.3. The van der Waals surface area contributed by atoms with Gasteiger partial charge in [0.1, 0.15) is 5.75 Å². The Bertz CT molecular complexity index is 1920. The first kappa shape index (κ1) is 51.0. The summed E-state index contributed by atoms with van der Waals surface area (Å²) in [7, 11) is 0. The van der Waals surface area contributed by atoms with Gasteiger partial charge in [-0.3, -0.25) is 0 Å². The minimum atomic E-state index is -0.850. The van der Waals surface area contributed by atoms with E-state index in [0.717, 1.165) is 16.8 Å². The number of benzene rings is 4. The summed E-state index contributed by atoms with van der Waals surface area (Å²) < 4.78 is 6.84.